The summed E-state index contributed by atoms with van der Waals surface area (Å²) in [6.45, 7) is 4.15. The van der Waals surface area contributed by atoms with E-state index in [1.807, 2.05) is 25.1 Å². The molecule has 0 unspecified atom stereocenters. The van der Waals surface area contributed by atoms with Crippen LogP contribution in [0.15, 0.2) is 48.5 Å². The van der Waals surface area contributed by atoms with E-state index in [0.29, 0.717) is 41.9 Å². The molecule has 9 atom stereocenters. The van der Waals surface area contributed by atoms with Crippen molar-refractivity contribution in [3.05, 3.63) is 70.8 Å². The van der Waals surface area contributed by atoms with Crippen LogP contribution in [0.4, 0.5) is 0 Å². The second kappa shape index (κ2) is 46.1. The SMILES string of the molecule is CCCCCC(=O)N[C@H]1CSCc2cc(CSCCNC(=O)CN3CCN(CC(=O)O)CCN(CC(=O)O)CCN(CC(=O)O)CC3)cc(c2)CSC[C@@H](C(=O)N[C@H](CC(=O)O)C(=O)O)NC(=O)[C@H](Cc2ccccc2)NC(=O)[C@H](CCC(N)=O)NC(=O)[C@H]([C@@H](C)O)NC(=O)[C@@H]2CCCN2C(=O)[C@@H]2CCCN2C1=O. The highest BCUT2D eigenvalue weighted by atomic mass is 32.2. The number of unbranched alkanes of at least 4 members (excludes halogenated alkanes) is 2. The van der Waals surface area contributed by atoms with Gasteiger partial charge in [0.2, 0.25) is 59.1 Å². The zero-order valence-electron chi connectivity index (χ0n) is 61.4. The van der Waals surface area contributed by atoms with Gasteiger partial charge >= 0.3 is 29.8 Å². The van der Waals surface area contributed by atoms with E-state index in [4.69, 9.17) is 5.73 Å². The number of nitrogens with two attached hydrogens (primary N) is 1. The molecule has 0 saturated carbocycles. The van der Waals surface area contributed by atoms with Gasteiger partial charge in [-0.15, -0.1) is 0 Å². The van der Waals surface area contributed by atoms with Crippen LogP contribution in [-0.4, -0.2) is 319 Å². The summed E-state index contributed by atoms with van der Waals surface area (Å²) in [6.07, 6.45) is -0.590. The molecule has 0 aliphatic carbocycles. The number of nitrogens with one attached hydrogen (secondary N) is 7. The van der Waals surface area contributed by atoms with E-state index in [-0.39, 0.29) is 159 Å². The lowest BCUT2D eigenvalue weighted by Gasteiger charge is -2.33. The summed E-state index contributed by atoms with van der Waals surface area (Å²) >= 11 is 3.89. The standard InChI is InChI=1S/C71H104N14O21S3/c1-3-4-6-15-57(88)74-53-43-109-41-48-31-46(39-107-29-18-73-58(89)35-80-21-23-81(36-60(92)93)25-27-83(38-62(96)97)28-26-82(24-22-80)37-61(94)95)30-47(32-48)40-108-42-52(66(100)77-51(71(105)106)34-59(90)91)78-65(99)50(33-45-11-7-5-8-12-45)76-64(98)49(16-17-56(72)87)75-68(102)63(44(2)86)79-67(101)54-13-9-19-84(54)70(104)55-14-10-20-85(55)69(53)103/h5,7-8,11-12,30-32,44,49-55,63,86H,3-4,6,9-10,13-29,33-43H2,1-2H3,(H2,72,87)(H,73,89)(H,74,88)(H,75,102)(H,76,98)(H,77,100)(H,78,99)(H,79,101)(H,90,91)(H,92,93)(H,94,95)(H,96,97)(H,105,106)/t44-,49+,50+,51-,52+,53+,54+,55+,63+/m1/s1. The van der Waals surface area contributed by atoms with E-state index >= 15 is 0 Å². The topological polar surface area (TPSA) is 507 Å². The Hall–Kier alpha value is -8.66. The number of aliphatic carboxylic acids is 5. The van der Waals surface area contributed by atoms with Crippen molar-refractivity contribution in [1.29, 1.82) is 0 Å². The third-order valence-electron chi connectivity index (χ3n) is 18.6. The normalized spacial score (nSPS) is 22.7. The van der Waals surface area contributed by atoms with E-state index < -0.39 is 151 Å². The van der Waals surface area contributed by atoms with Gasteiger partial charge in [0.05, 0.1) is 38.7 Å². The smallest absolute Gasteiger partial charge is 0.326 e. The van der Waals surface area contributed by atoms with Crippen molar-refractivity contribution in [3.63, 3.8) is 0 Å². The van der Waals surface area contributed by atoms with E-state index in [1.165, 1.54) is 40.2 Å². The maximum atomic E-state index is 15.0. The number of aliphatic hydroxyl groups is 1. The van der Waals surface area contributed by atoms with E-state index in [9.17, 15) is 103 Å². The van der Waals surface area contributed by atoms with Gasteiger partial charge in [-0.2, -0.15) is 35.3 Å². The number of carboxylic acid groups (broad SMARTS) is 5. The first-order chi connectivity index (χ1) is 52.0. The minimum Gasteiger partial charge on any atom is -0.481 e. The van der Waals surface area contributed by atoms with Crippen LogP contribution in [0, 0.1) is 0 Å². The number of carbonyl (C=O) groups is 15. The Morgan fingerprint density at radius 3 is 1.68 bits per heavy atom. The number of benzene rings is 2. The predicted molar refractivity (Wildman–Crippen MR) is 402 cm³/mol. The van der Waals surface area contributed by atoms with Crippen LogP contribution in [0.3, 0.4) is 0 Å². The van der Waals surface area contributed by atoms with Crippen molar-refractivity contribution in [2.24, 2.45) is 5.73 Å². The highest BCUT2D eigenvalue weighted by molar-refractivity contribution is 7.99. The first-order valence-electron chi connectivity index (χ1n) is 36.5. The summed E-state index contributed by atoms with van der Waals surface area (Å²) < 4.78 is 0. The van der Waals surface area contributed by atoms with Crippen LogP contribution in [-0.2, 0) is 95.6 Å². The highest BCUT2D eigenvalue weighted by Gasteiger charge is 2.45. The Morgan fingerprint density at radius 2 is 1.14 bits per heavy atom. The number of rotatable bonds is 29. The molecule has 10 amide bonds. The lowest BCUT2D eigenvalue weighted by atomic mass is 10.0. The van der Waals surface area contributed by atoms with Gasteiger partial charge in [0.15, 0.2) is 0 Å². The Labute approximate surface area is 644 Å². The summed E-state index contributed by atoms with van der Waals surface area (Å²) in [5.41, 5.74) is 8.20. The molecule has 35 nitrogen and oxygen atoms in total. The van der Waals surface area contributed by atoms with Crippen molar-refractivity contribution < 1.29 is 103 Å². The van der Waals surface area contributed by atoms with E-state index in [1.54, 1.807) is 49.9 Å². The van der Waals surface area contributed by atoms with Gasteiger partial charge in [-0.25, -0.2) is 4.79 Å². The molecule has 109 heavy (non-hydrogen) atoms. The number of amides is 10. The first-order valence-corrected chi connectivity index (χ1v) is 40.0. The van der Waals surface area contributed by atoms with Crippen LogP contribution < -0.4 is 43.0 Å². The fourth-order valence-electron chi connectivity index (χ4n) is 13.0. The molecule has 0 spiro atoms. The Balaban J connectivity index is 1.33. The van der Waals surface area contributed by atoms with Crippen LogP contribution in [0.25, 0.3) is 0 Å². The van der Waals surface area contributed by atoms with Gasteiger partial charge in [0.25, 0.3) is 0 Å². The largest absolute Gasteiger partial charge is 0.481 e. The number of primary amides is 1. The number of aliphatic hydroxyl groups excluding tert-OH is 1. The number of hydrogen-bond donors (Lipinski definition) is 14. The molecule has 4 aliphatic heterocycles. The lowest BCUT2D eigenvalue weighted by molar-refractivity contribution is -0.148. The van der Waals surface area contributed by atoms with Crippen LogP contribution in [0.5, 0.6) is 0 Å². The van der Waals surface area contributed by atoms with Gasteiger partial charge in [0.1, 0.15) is 48.3 Å². The summed E-state index contributed by atoms with van der Waals surface area (Å²) in [5.74, 6) is -13.6. The zero-order chi connectivity index (χ0) is 79.7. The second-order valence-corrected chi connectivity index (χ2v) is 30.6. The molecule has 0 radical (unpaired) electrons. The summed E-state index contributed by atoms with van der Waals surface area (Å²) in [5, 5.41) is 78.0. The maximum absolute atomic E-state index is 15.0. The molecule has 602 valence electrons. The number of nitrogens with zero attached hydrogens (tertiary/aromatic N) is 6. The Morgan fingerprint density at radius 1 is 0.596 bits per heavy atom. The number of fused-ring (bicyclic) bond motifs is 4. The van der Waals surface area contributed by atoms with E-state index in [2.05, 4.69) is 37.2 Å². The van der Waals surface area contributed by atoms with Crippen LogP contribution in [0.1, 0.15) is 107 Å². The third-order valence-corrected chi connectivity index (χ3v) is 21.9. The average molecular weight is 1590 g/mol. The van der Waals surface area contributed by atoms with Crippen molar-refractivity contribution >= 4 is 124 Å². The molecule has 4 heterocycles. The second-order valence-electron chi connectivity index (χ2n) is 27.4. The molecule has 3 saturated heterocycles. The summed E-state index contributed by atoms with van der Waals surface area (Å²) in [4.78, 5) is 211. The molecule has 3 fully saturated rings. The van der Waals surface area contributed by atoms with Crippen molar-refractivity contribution in [2.45, 2.75) is 163 Å². The molecule has 38 heteroatoms. The van der Waals surface area contributed by atoms with E-state index in [0.717, 1.165) is 35.7 Å². The Kier molecular flexibility index (Phi) is 37.8. The zero-order valence-corrected chi connectivity index (χ0v) is 63.9. The van der Waals surface area contributed by atoms with Crippen molar-refractivity contribution in [1.82, 2.24) is 66.6 Å². The molecule has 6 rings (SSSR count). The molecule has 2 bridgehead atoms. The van der Waals surface area contributed by atoms with Crippen LogP contribution >= 0.6 is 35.3 Å². The van der Waals surface area contributed by atoms with Gasteiger partial charge in [-0.05, 0) is 67.7 Å². The van der Waals surface area contributed by atoms with Gasteiger partial charge < -0.3 is 83.4 Å². The number of carboxylic acids is 5. The monoisotopic (exact) mass is 1580 g/mol. The van der Waals surface area contributed by atoms with Gasteiger partial charge in [0, 0.05) is 126 Å². The minimum atomic E-state index is -1.97. The Bertz CT molecular complexity index is 3460. The first kappa shape index (κ1) is 89.2. The molecular formula is C71H104N14O21S3. The molecular weight excluding hydrogens is 1480 g/mol. The summed E-state index contributed by atoms with van der Waals surface area (Å²) in [6, 6.07) is 1.88. The third kappa shape index (κ3) is 31.3. The number of carbonyl (C=O) groups excluding carboxylic acids is 10. The maximum Gasteiger partial charge on any atom is 0.326 e. The minimum absolute atomic E-state index is 0.0345. The molecule has 4 aliphatic rings. The van der Waals surface area contributed by atoms with Gasteiger partial charge in [-0.3, -0.25) is 86.7 Å². The predicted octanol–water partition coefficient (Wildman–Crippen LogP) is -2.09. The molecule has 0 aromatic heterocycles. The molecule has 2 aromatic carbocycles. The fraction of sp³-hybridized carbons (Fsp3) is 0.620. The quantitative estimate of drug-likeness (QED) is 0.0388. The van der Waals surface area contributed by atoms with Crippen molar-refractivity contribution in [2.75, 3.05) is 115 Å². The van der Waals surface area contributed by atoms with Crippen molar-refractivity contribution in [3.8, 4) is 0 Å². The average Bonchev–Trinajstić information content (AvgIpc) is 1.67. The number of hydrogen-bond acceptors (Lipinski definition) is 23. The summed E-state index contributed by atoms with van der Waals surface area (Å²) in [7, 11) is 0. The number of thioether (sulfide) groups is 3. The highest BCUT2D eigenvalue weighted by Crippen LogP contribution is 2.29. The molecule has 2 aromatic rings. The van der Waals surface area contributed by atoms with Gasteiger partial charge in [-0.1, -0.05) is 68.3 Å². The van der Waals surface area contributed by atoms with Crippen LogP contribution in [0.2, 0.25) is 0 Å². The fourth-order valence-corrected chi connectivity index (χ4v) is 15.8. The lowest BCUT2D eigenvalue weighted by Crippen LogP contribution is -2.62. The molecule has 15 N–H and O–H groups in total.